The average Bonchev–Trinajstić information content (AvgIpc) is 2.62. The fourth-order valence-electron chi connectivity index (χ4n) is 3.89. The van der Waals surface area contributed by atoms with Crippen molar-refractivity contribution in [3.05, 3.63) is 22.4 Å². The maximum atomic E-state index is 12.2. The molecular formula is C17H24N4O2S. The Morgan fingerprint density at radius 1 is 1.25 bits per heavy atom. The van der Waals surface area contributed by atoms with Crippen LogP contribution in [0.25, 0.3) is 0 Å². The van der Waals surface area contributed by atoms with E-state index in [1.807, 2.05) is 11.8 Å². The van der Waals surface area contributed by atoms with E-state index in [1.165, 1.54) is 12.6 Å². The second-order valence-electron chi connectivity index (χ2n) is 6.63. The third kappa shape index (κ3) is 3.01. The first kappa shape index (κ1) is 17.2. The fraction of sp³-hybridized carbons (Fsp3) is 0.647. The zero-order chi connectivity index (χ0) is 17.3. The van der Waals surface area contributed by atoms with Gasteiger partial charge >= 0.3 is 0 Å². The lowest BCUT2D eigenvalue weighted by Gasteiger charge is -2.34. The number of piperidine rings is 1. The number of aryl methyl sites for hydroxylation is 1. The monoisotopic (exact) mass is 348 g/mol. The predicted molar refractivity (Wildman–Crippen MR) is 93.5 cm³/mol. The molecule has 1 aliphatic carbocycles. The zero-order valence-electron chi connectivity index (χ0n) is 14.3. The largest absolute Gasteiger partial charge is 0.354 e. The van der Waals surface area contributed by atoms with Gasteiger partial charge in [-0.25, -0.2) is 18.1 Å². The second kappa shape index (κ2) is 6.69. The summed E-state index contributed by atoms with van der Waals surface area (Å²) in [5, 5.41) is 9.26. The Hall–Kier alpha value is -1.65. The molecule has 2 heterocycles. The Morgan fingerprint density at radius 3 is 2.62 bits per heavy atom. The number of aromatic nitrogens is 1. The molecule has 3 rings (SSSR count). The molecule has 1 aromatic rings. The third-order valence-corrected chi connectivity index (χ3v) is 7.05. The van der Waals surface area contributed by atoms with Crippen molar-refractivity contribution in [2.45, 2.75) is 50.7 Å². The highest BCUT2D eigenvalue weighted by molar-refractivity contribution is 7.90. The number of hydrogen-bond donors (Lipinski definition) is 1. The van der Waals surface area contributed by atoms with Crippen LogP contribution in [-0.2, 0) is 22.9 Å². The lowest BCUT2D eigenvalue weighted by atomic mass is 9.87. The van der Waals surface area contributed by atoms with Gasteiger partial charge in [0, 0.05) is 18.8 Å². The number of nitrogens with one attached hydrogen (secondary N) is 1. The first-order valence-electron chi connectivity index (χ1n) is 8.57. The Labute approximate surface area is 143 Å². The van der Waals surface area contributed by atoms with Crippen LogP contribution in [0.15, 0.2) is 0 Å². The van der Waals surface area contributed by atoms with Gasteiger partial charge in [0.2, 0.25) is 10.0 Å². The van der Waals surface area contributed by atoms with Crippen LogP contribution >= 0.6 is 0 Å². The average molecular weight is 348 g/mol. The number of sulfonamides is 1. The molecule has 1 saturated heterocycles. The van der Waals surface area contributed by atoms with E-state index in [1.54, 1.807) is 0 Å². The maximum Gasteiger partial charge on any atom is 0.215 e. The number of nitriles is 1. The van der Waals surface area contributed by atoms with Crippen molar-refractivity contribution in [2.75, 3.05) is 25.0 Å². The topological polar surface area (TPSA) is 86.1 Å². The number of nitrogens with zero attached hydrogens (tertiary/aromatic N) is 3. The summed E-state index contributed by atoms with van der Waals surface area (Å²) in [4.78, 5) is 6.70. The molecule has 1 atom stereocenters. The van der Waals surface area contributed by atoms with Crippen molar-refractivity contribution in [1.82, 2.24) is 9.71 Å². The van der Waals surface area contributed by atoms with Crippen molar-refractivity contribution in [2.24, 2.45) is 0 Å². The number of pyridine rings is 1. The Morgan fingerprint density at radius 2 is 1.96 bits per heavy atom. The van der Waals surface area contributed by atoms with Crippen LogP contribution < -0.4 is 9.62 Å². The molecule has 0 saturated carbocycles. The van der Waals surface area contributed by atoms with Gasteiger partial charge in [0.05, 0.1) is 10.8 Å². The molecule has 0 aromatic carbocycles. The van der Waals surface area contributed by atoms with E-state index in [4.69, 9.17) is 4.98 Å². The minimum absolute atomic E-state index is 0.392. The first-order valence-corrected chi connectivity index (χ1v) is 10.1. The van der Waals surface area contributed by atoms with Crippen molar-refractivity contribution in [3.8, 4) is 6.07 Å². The number of fused-ring (bicyclic) bond motifs is 1. The second-order valence-corrected chi connectivity index (χ2v) is 8.80. The SMILES string of the molecule is CNS(=O)(=O)C1CCCN(c2nc(C)c3c(c2C#N)CCCC3)C1. The van der Waals surface area contributed by atoms with E-state index in [0.717, 1.165) is 49.9 Å². The maximum absolute atomic E-state index is 12.2. The van der Waals surface area contributed by atoms with Crippen LogP contribution in [0.1, 0.15) is 48.1 Å². The van der Waals surface area contributed by atoms with Crippen LogP contribution in [0, 0.1) is 18.3 Å². The van der Waals surface area contributed by atoms with Crippen LogP contribution in [0.2, 0.25) is 0 Å². The van der Waals surface area contributed by atoms with Gasteiger partial charge < -0.3 is 4.90 Å². The Kier molecular flexibility index (Phi) is 4.79. The quantitative estimate of drug-likeness (QED) is 0.898. The van der Waals surface area contributed by atoms with E-state index < -0.39 is 15.3 Å². The first-order chi connectivity index (χ1) is 11.5. The fourth-order valence-corrected chi connectivity index (χ4v) is 5.08. The van der Waals surface area contributed by atoms with E-state index in [2.05, 4.69) is 10.8 Å². The Bertz CT molecular complexity index is 783. The lowest BCUT2D eigenvalue weighted by Crippen LogP contribution is -2.46. The van der Waals surface area contributed by atoms with Gasteiger partial charge in [0.1, 0.15) is 11.9 Å². The molecule has 24 heavy (non-hydrogen) atoms. The molecule has 2 aliphatic rings. The molecule has 1 fully saturated rings. The van der Waals surface area contributed by atoms with E-state index >= 15 is 0 Å². The smallest absolute Gasteiger partial charge is 0.215 e. The summed E-state index contributed by atoms with van der Waals surface area (Å²) in [7, 11) is -1.86. The summed E-state index contributed by atoms with van der Waals surface area (Å²) in [6, 6.07) is 2.35. The molecule has 1 N–H and O–H groups in total. The highest BCUT2D eigenvalue weighted by Gasteiger charge is 2.32. The molecular weight excluding hydrogens is 324 g/mol. The zero-order valence-corrected chi connectivity index (χ0v) is 15.1. The summed E-state index contributed by atoms with van der Waals surface area (Å²) >= 11 is 0. The minimum atomic E-state index is -3.31. The number of hydrogen-bond acceptors (Lipinski definition) is 5. The van der Waals surface area contributed by atoms with Gasteiger partial charge in [0.25, 0.3) is 0 Å². The van der Waals surface area contributed by atoms with Crippen molar-refractivity contribution in [3.63, 3.8) is 0 Å². The molecule has 6 nitrogen and oxygen atoms in total. The summed E-state index contributed by atoms with van der Waals surface area (Å²) in [5.41, 5.74) is 3.98. The lowest BCUT2D eigenvalue weighted by molar-refractivity contribution is 0.523. The number of anilines is 1. The van der Waals surface area contributed by atoms with Crippen LogP contribution in [0.5, 0.6) is 0 Å². The van der Waals surface area contributed by atoms with Crippen LogP contribution in [0.3, 0.4) is 0 Å². The molecule has 7 heteroatoms. The molecule has 0 radical (unpaired) electrons. The molecule has 0 spiro atoms. The van der Waals surface area contributed by atoms with Crippen LogP contribution in [-0.4, -0.2) is 38.8 Å². The predicted octanol–water partition coefficient (Wildman–Crippen LogP) is 1.66. The van der Waals surface area contributed by atoms with Gasteiger partial charge in [-0.1, -0.05) is 0 Å². The van der Waals surface area contributed by atoms with Gasteiger partial charge in [-0.15, -0.1) is 0 Å². The standard InChI is InChI=1S/C17H24N4O2S/c1-12-14-7-3-4-8-15(14)16(10-18)17(20-12)21-9-5-6-13(11-21)24(22,23)19-2/h13,19H,3-9,11H2,1-2H3. The van der Waals surface area contributed by atoms with E-state index in [-0.39, 0.29) is 0 Å². The van der Waals surface area contributed by atoms with Gasteiger partial charge in [0.15, 0.2) is 0 Å². The molecule has 0 bridgehead atoms. The van der Waals surface area contributed by atoms with Gasteiger partial charge in [-0.2, -0.15) is 5.26 Å². The minimum Gasteiger partial charge on any atom is -0.354 e. The molecule has 0 amide bonds. The van der Waals surface area contributed by atoms with Crippen LogP contribution in [0.4, 0.5) is 5.82 Å². The van der Waals surface area contributed by atoms with Gasteiger partial charge in [-0.3, -0.25) is 0 Å². The highest BCUT2D eigenvalue weighted by Crippen LogP contribution is 2.33. The molecule has 1 unspecified atom stereocenters. The van der Waals surface area contributed by atoms with Crippen molar-refractivity contribution in [1.29, 1.82) is 5.26 Å². The summed E-state index contributed by atoms with van der Waals surface area (Å²) < 4.78 is 26.8. The Balaban J connectivity index is 2.00. The summed E-state index contributed by atoms with van der Waals surface area (Å²) in [6.45, 7) is 3.14. The highest BCUT2D eigenvalue weighted by atomic mass is 32.2. The summed E-state index contributed by atoms with van der Waals surface area (Å²) in [5.74, 6) is 0.673. The molecule has 1 aromatic heterocycles. The normalized spacial score (nSPS) is 21.2. The van der Waals surface area contributed by atoms with Crippen molar-refractivity contribution >= 4 is 15.8 Å². The van der Waals surface area contributed by atoms with Crippen molar-refractivity contribution < 1.29 is 8.42 Å². The van der Waals surface area contributed by atoms with E-state index in [9.17, 15) is 13.7 Å². The van der Waals surface area contributed by atoms with E-state index in [0.29, 0.717) is 24.3 Å². The van der Waals surface area contributed by atoms with Gasteiger partial charge in [-0.05, 0) is 63.6 Å². The number of rotatable bonds is 3. The third-order valence-electron chi connectivity index (χ3n) is 5.22. The molecule has 130 valence electrons. The summed E-state index contributed by atoms with van der Waals surface area (Å²) in [6.07, 6.45) is 5.58. The molecule has 1 aliphatic heterocycles.